The monoisotopic (exact) mass is 474 g/mol. The van der Waals surface area contributed by atoms with Crippen molar-refractivity contribution in [3.05, 3.63) is 100 Å². The van der Waals surface area contributed by atoms with Gasteiger partial charge in [0.25, 0.3) is 5.69 Å². The van der Waals surface area contributed by atoms with Crippen LogP contribution in [-0.2, 0) is 6.42 Å². The molecule has 0 bridgehead atoms. The maximum Gasteiger partial charge on any atom is 0.573 e. The van der Waals surface area contributed by atoms with E-state index in [9.17, 15) is 23.3 Å². The highest BCUT2D eigenvalue weighted by Crippen LogP contribution is 2.26. The number of alkyl halides is 3. The molecule has 33 heavy (non-hydrogen) atoms. The van der Waals surface area contributed by atoms with Crippen molar-refractivity contribution < 1.29 is 22.8 Å². The van der Waals surface area contributed by atoms with Gasteiger partial charge in [-0.25, -0.2) is 5.01 Å². The van der Waals surface area contributed by atoms with Crippen LogP contribution in [0, 0.1) is 10.1 Å². The topological polar surface area (TPSA) is 94.0 Å². The number of nitro benzene ring substituents is 1. The standard InChI is InChI=1S/C22H17F3N4O3S/c23-22(24,25)32-19-12-10-17(11-13-19)28(21(26)33)27-20(16-4-2-1-3-5-16)14-15-6-8-18(9-7-15)29(30)31/h1-13H,14H2,(H2,26,33)/b27-20-. The van der Waals surface area contributed by atoms with Crippen molar-refractivity contribution in [3.8, 4) is 5.75 Å². The van der Waals surface area contributed by atoms with Crippen molar-refractivity contribution in [2.75, 3.05) is 5.01 Å². The molecule has 0 aliphatic carbocycles. The molecule has 11 heteroatoms. The summed E-state index contributed by atoms with van der Waals surface area (Å²) in [6.45, 7) is 0. The van der Waals surface area contributed by atoms with E-state index < -0.39 is 17.0 Å². The van der Waals surface area contributed by atoms with Crippen molar-refractivity contribution in [3.63, 3.8) is 0 Å². The Bertz CT molecular complexity index is 1150. The van der Waals surface area contributed by atoms with E-state index in [2.05, 4.69) is 9.84 Å². The fourth-order valence-electron chi connectivity index (χ4n) is 2.90. The van der Waals surface area contributed by atoms with Crippen LogP contribution in [0.5, 0.6) is 5.75 Å². The quantitative estimate of drug-likeness (QED) is 0.219. The third kappa shape index (κ3) is 6.74. The minimum atomic E-state index is -4.81. The lowest BCUT2D eigenvalue weighted by molar-refractivity contribution is -0.384. The van der Waals surface area contributed by atoms with Gasteiger partial charge in [0.05, 0.1) is 16.3 Å². The number of hydrogen-bond donors (Lipinski definition) is 1. The molecule has 7 nitrogen and oxygen atoms in total. The summed E-state index contributed by atoms with van der Waals surface area (Å²) in [7, 11) is 0. The zero-order chi connectivity index (χ0) is 24.0. The molecule has 0 aromatic heterocycles. The minimum Gasteiger partial charge on any atom is -0.406 e. The van der Waals surface area contributed by atoms with E-state index in [0.717, 1.165) is 23.3 Å². The average Bonchev–Trinajstić information content (AvgIpc) is 2.77. The van der Waals surface area contributed by atoms with Gasteiger partial charge >= 0.3 is 6.36 Å². The first-order valence-electron chi connectivity index (χ1n) is 9.44. The minimum absolute atomic E-state index is 0.0390. The average molecular weight is 474 g/mol. The molecule has 0 unspecified atom stereocenters. The van der Waals surface area contributed by atoms with E-state index in [0.29, 0.717) is 11.4 Å². The molecule has 0 aliphatic heterocycles. The molecule has 0 heterocycles. The van der Waals surface area contributed by atoms with E-state index in [-0.39, 0.29) is 17.2 Å². The van der Waals surface area contributed by atoms with Crippen LogP contribution in [0.1, 0.15) is 11.1 Å². The van der Waals surface area contributed by atoms with Crippen LogP contribution in [-0.4, -0.2) is 22.1 Å². The lowest BCUT2D eigenvalue weighted by Crippen LogP contribution is -2.32. The second-order valence-electron chi connectivity index (χ2n) is 6.70. The number of non-ortho nitro benzene ring substituents is 1. The van der Waals surface area contributed by atoms with Gasteiger partial charge in [0, 0.05) is 18.6 Å². The Morgan fingerprint density at radius 1 is 1.03 bits per heavy atom. The molecule has 0 atom stereocenters. The molecule has 3 rings (SSSR count). The summed E-state index contributed by atoms with van der Waals surface area (Å²) in [4.78, 5) is 10.4. The van der Waals surface area contributed by atoms with Gasteiger partial charge in [0.15, 0.2) is 5.11 Å². The summed E-state index contributed by atoms with van der Waals surface area (Å²) in [5.74, 6) is -0.396. The van der Waals surface area contributed by atoms with Gasteiger partial charge in [-0.1, -0.05) is 42.5 Å². The van der Waals surface area contributed by atoms with Gasteiger partial charge in [-0.3, -0.25) is 10.1 Å². The molecule has 3 aromatic carbocycles. The Balaban J connectivity index is 1.96. The Kier molecular flexibility index (Phi) is 7.23. The molecule has 2 N–H and O–H groups in total. The number of thiocarbonyl (C=S) groups is 1. The van der Waals surface area contributed by atoms with E-state index in [1.165, 1.54) is 29.3 Å². The summed E-state index contributed by atoms with van der Waals surface area (Å²) in [6.07, 6.45) is -4.52. The van der Waals surface area contributed by atoms with Crippen molar-refractivity contribution in [2.24, 2.45) is 10.8 Å². The van der Waals surface area contributed by atoms with Gasteiger partial charge in [-0.2, -0.15) is 5.10 Å². The first-order chi connectivity index (χ1) is 15.6. The maximum atomic E-state index is 12.4. The fraction of sp³-hybridized carbons (Fsp3) is 0.0909. The highest BCUT2D eigenvalue weighted by atomic mass is 32.1. The molecule has 0 fully saturated rings. The number of nitro groups is 1. The zero-order valence-corrected chi connectivity index (χ0v) is 17.7. The number of rotatable bonds is 7. The summed E-state index contributed by atoms with van der Waals surface area (Å²) < 4.78 is 41.2. The molecular weight excluding hydrogens is 457 g/mol. The second kappa shape index (κ2) is 10.1. The summed E-state index contributed by atoms with van der Waals surface area (Å²) in [5, 5.41) is 16.6. The van der Waals surface area contributed by atoms with Crippen LogP contribution in [0.4, 0.5) is 24.5 Å². The first kappa shape index (κ1) is 23.7. The van der Waals surface area contributed by atoms with Crippen LogP contribution >= 0.6 is 12.2 Å². The largest absolute Gasteiger partial charge is 0.573 e. The number of halogens is 3. The van der Waals surface area contributed by atoms with Gasteiger partial charge in [0.1, 0.15) is 5.75 Å². The van der Waals surface area contributed by atoms with E-state index >= 15 is 0 Å². The molecule has 0 aliphatic rings. The maximum absolute atomic E-state index is 12.4. The van der Waals surface area contributed by atoms with Crippen LogP contribution in [0.2, 0.25) is 0 Å². The number of anilines is 1. The molecular formula is C22H17F3N4O3S. The molecule has 0 radical (unpaired) electrons. The summed E-state index contributed by atoms with van der Waals surface area (Å²) >= 11 is 5.11. The number of benzene rings is 3. The summed E-state index contributed by atoms with van der Waals surface area (Å²) in [5.41, 5.74) is 8.16. The van der Waals surface area contributed by atoms with E-state index in [1.54, 1.807) is 12.1 Å². The van der Waals surface area contributed by atoms with E-state index in [1.807, 2.05) is 30.3 Å². The molecule has 3 aromatic rings. The van der Waals surface area contributed by atoms with Gasteiger partial charge in [-0.15, -0.1) is 13.2 Å². The van der Waals surface area contributed by atoms with Crippen molar-refractivity contribution in [1.82, 2.24) is 0 Å². The lowest BCUT2D eigenvalue weighted by atomic mass is 10.0. The first-order valence-corrected chi connectivity index (χ1v) is 9.85. The highest BCUT2D eigenvalue weighted by Gasteiger charge is 2.31. The van der Waals surface area contributed by atoms with Crippen LogP contribution in [0.15, 0.2) is 84.0 Å². The molecule has 0 saturated carbocycles. The number of hydrazone groups is 1. The van der Waals surface area contributed by atoms with Crippen LogP contribution in [0.3, 0.4) is 0 Å². The SMILES string of the molecule is NC(=S)N(/N=C(/Cc1ccc([N+](=O)[O-])cc1)c1ccccc1)c1ccc(OC(F)(F)F)cc1. The predicted octanol–water partition coefficient (Wildman–Crippen LogP) is 5.19. The molecule has 0 spiro atoms. The van der Waals surface area contributed by atoms with E-state index in [4.69, 9.17) is 18.0 Å². The Labute approximate surface area is 192 Å². The van der Waals surface area contributed by atoms with Crippen molar-refractivity contribution >= 4 is 34.4 Å². The summed E-state index contributed by atoms with van der Waals surface area (Å²) in [6, 6.07) is 20.1. The fourth-order valence-corrected chi connectivity index (χ4v) is 3.04. The molecule has 0 amide bonds. The van der Waals surface area contributed by atoms with Crippen molar-refractivity contribution in [1.29, 1.82) is 0 Å². The van der Waals surface area contributed by atoms with Gasteiger partial charge < -0.3 is 10.5 Å². The Morgan fingerprint density at radius 3 is 2.15 bits per heavy atom. The molecule has 170 valence electrons. The normalized spacial score (nSPS) is 11.7. The number of nitrogens with two attached hydrogens (primary N) is 1. The number of nitrogens with zero attached hydrogens (tertiary/aromatic N) is 3. The van der Waals surface area contributed by atoms with Gasteiger partial charge in [-0.05, 0) is 47.6 Å². The number of hydrogen-bond acceptors (Lipinski definition) is 5. The lowest BCUT2D eigenvalue weighted by Gasteiger charge is -2.20. The predicted molar refractivity (Wildman–Crippen MR) is 122 cm³/mol. The van der Waals surface area contributed by atoms with Crippen LogP contribution < -0.4 is 15.5 Å². The molecule has 0 saturated heterocycles. The van der Waals surface area contributed by atoms with Gasteiger partial charge in [0.2, 0.25) is 0 Å². The van der Waals surface area contributed by atoms with Crippen molar-refractivity contribution in [2.45, 2.75) is 12.8 Å². The smallest absolute Gasteiger partial charge is 0.406 e. The van der Waals surface area contributed by atoms with Crippen LogP contribution in [0.25, 0.3) is 0 Å². The second-order valence-corrected chi connectivity index (χ2v) is 7.12. The third-order valence-corrected chi connectivity index (χ3v) is 4.54. The zero-order valence-electron chi connectivity index (χ0n) is 16.9. The Morgan fingerprint density at radius 2 is 1.64 bits per heavy atom. The highest BCUT2D eigenvalue weighted by molar-refractivity contribution is 7.80. The Hall–Kier alpha value is -3.99. The number of ether oxygens (including phenoxy) is 1. The third-order valence-electron chi connectivity index (χ3n) is 4.37.